The van der Waals surface area contributed by atoms with E-state index in [2.05, 4.69) is 64.3 Å². The molecule has 15 heavy (non-hydrogen) atoms. The van der Waals surface area contributed by atoms with Gasteiger partial charge in [-0.25, -0.2) is 0 Å². The molecule has 0 saturated carbocycles. The third-order valence-electron chi connectivity index (χ3n) is 3.73. The first-order valence-corrected chi connectivity index (χ1v) is 16.7. The lowest BCUT2D eigenvalue weighted by Crippen LogP contribution is -2.66. The fraction of sp³-hybridized carbons (Fsp3) is 0.909. The molecule has 0 nitrogen and oxygen atoms in total. The number of hydrogen-bond acceptors (Lipinski definition) is 1. The van der Waals surface area contributed by atoms with Crippen LogP contribution in [0, 0.1) is 0 Å². The van der Waals surface area contributed by atoms with E-state index in [-0.39, 0.29) is 0 Å². The predicted octanol–water partition coefficient (Wildman–Crippen LogP) is 4.82. The van der Waals surface area contributed by atoms with Gasteiger partial charge in [-0.05, 0) is 9.65 Å². The molecule has 0 aliphatic carbocycles. The van der Waals surface area contributed by atoms with Gasteiger partial charge in [0.1, 0.15) is 0 Å². The van der Waals surface area contributed by atoms with Crippen LogP contribution in [0.5, 0.6) is 0 Å². The van der Waals surface area contributed by atoms with Gasteiger partial charge in [-0.3, -0.25) is 0 Å². The van der Waals surface area contributed by atoms with Gasteiger partial charge in [-0.2, -0.15) is 0 Å². The Bertz CT molecular complexity index is 204. The van der Waals surface area contributed by atoms with Crippen LogP contribution >= 0.6 is 12.2 Å². The smallest absolute Gasteiger partial charge is 0.0502 e. The van der Waals surface area contributed by atoms with E-state index in [0.29, 0.717) is 4.28 Å². The first-order valence-electron chi connectivity index (χ1n) is 5.77. The van der Waals surface area contributed by atoms with E-state index >= 15 is 0 Å². The summed E-state index contributed by atoms with van der Waals surface area (Å²) in [4.78, 5) is 0. The van der Waals surface area contributed by atoms with Gasteiger partial charge in [0.2, 0.25) is 0 Å². The van der Waals surface area contributed by atoms with Crippen molar-refractivity contribution in [3.05, 3.63) is 0 Å². The van der Waals surface area contributed by atoms with Crippen molar-refractivity contribution in [1.29, 1.82) is 0 Å². The van der Waals surface area contributed by atoms with Gasteiger partial charge < -0.3 is 0 Å². The largest absolute Gasteiger partial charge is 0.0938 e. The zero-order valence-corrected chi connectivity index (χ0v) is 15.8. The number of rotatable bonds is 4. The molecule has 4 heteroatoms. The fourth-order valence-corrected chi connectivity index (χ4v) is 35.1. The van der Waals surface area contributed by atoms with Crippen molar-refractivity contribution in [1.82, 2.24) is 0 Å². The maximum Gasteiger partial charge on any atom is 0.0502 e. The standard InChI is InChI=1S/C11H28SSi3/c1-13(2,3)11(10-12,14(4,5)6)15(7,8)9/h10H,1-9H3. The highest BCUT2D eigenvalue weighted by molar-refractivity contribution is 7.80. The topological polar surface area (TPSA) is 0 Å². The van der Waals surface area contributed by atoms with Gasteiger partial charge >= 0.3 is 0 Å². The van der Waals surface area contributed by atoms with Crippen molar-refractivity contribution in [3.63, 3.8) is 0 Å². The molecule has 0 aliphatic rings. The fourth-order valence-electron chi connectivity index (χ4n) is 3.91. The Morgan fingerprint density at radius 3 is 0.867 bits per heavy atom. The SMILES string of the molecule is C[Si](C)(C)C(C=S)([Si](C)(C)C)[Si](C)(C)C. The minimum atomic E-state index is -1.24. The lowest BCUT2D eigenvalue weighted by molar-refractivity contribution is 1.22. The summed E-state index contributed by atoms with van der Waals surface area (Å²) < 4.78 is 0.461. The highest BCUT2D eigenvalue weighted by atomic mass is 32.1. The van der Waals surface area contributed by atoms with Crippen molar-refractivity contribution < 1.29 is 0 Å². The van der Waals surface area contributed by atoms with Crippen LogP contribution in [-0.4, -0.2) is 29.6 Å². The second-order valence-corrected chi connectivity index (χ2v) is 25.3. The van der Waals surface area contributed by atoms with E-state index in [0.717, 1.165) is 0 Å². The molecule has 90 valence electrons. The Balaban J connectivity index is 5.89. The Morgan fingerprint density at radius 2 is 0.867 bits per heavy atom. The summed E-state index contributed by atoms with van der Waals surface area (Å²) in [5.74, 6) is 0. The summed E-state index contributed by atoms with van der Waals surface area (Å²) >= 11 is 5.51. The van der Waals surface area contributed by atoms with Crippen LogP contribution in [0.1, 0.15) is 0 Å². The number of thiocarbonyl (C=S) groups is 1. The molecule has 0 heterocycles. The van der Waals surface area contributed by atoms with Crippen molar-refractivity contribution in [3.8, 4) is 0 Å². The normalized spacial score (nSPS) is 15.3. The quantitative estimate of drug-likeness (QED) is 0.524. The molecule has 0 aliphatic heterocycles. The Morgan fingerprint density at radius 1 is 0.667 bits per heavy atom. The molecular weight excluding hydrogens is 248 g/mol. The van der Waals surface area contributed by atoms with E-state index in [1.807, 2.05) is 0 Å². The second kappa shape index (κ2) is 4.20. The Kier molecular flexibility index (Phi) is 4.41. The summed E-state index contributed by atoms with van der Waals surface area (Å²) in [6, 6.07) is 0. The minimum absolute atomic E-state index is 0.461. The molecule has 0 amide bonds. The third kappa shape index (κ3) is 2.53. The van der Waals surface area contributed by atoms with E-state index in [1.54, 1.807) is 0 Å². The maximum atomic E-state index is 5.51. The second-order valence-electron chi connectivity index (χ2n) is 7.68. The highest BCUT2D eigenvalue weighted by Crippen LogP contribution is 2.52. The molecule has 0 N–H and O–H groups in total. The predicted molar refractivity (Wildman–Crippen MR) is 86.4 cm³/mol. The average Bonchev–Trinajstić information content (AvgIpc) is 1.76. The molecule has 0 aromatic rings. The summed E-state index contributed by atoms with van der Waals surface area (Å²) in [5.41, 5.74) is 0. The summed E-state index contributed by atoms with van der Waals surface area (Å²) in [6.45, 7) is 22.6. The first-order chi connectivity index (χ1) is 6.31. The van der Waals surface area contributed by atoms with Gasteiger partial charge in [-0.15, -0.1) is 0 Å². The minimum Gasteiger partial charge on any atom is -0.0938 e. The molecule has 0 spiro atoms. The van der Waals surface area contributed by atoms with Crippen LogP contribution in [0.25, 0.3) is 0 Å². The number of hydrogen-bond donors (Lipinski definition) is 0. The molecule has 0 aromatic carbocycles. The first kappa shape index (κ1) is 15.7. The average molecular weight is 277 g/mol. The van der Waals surface area contributed by atoms with Crippen molar-refractivity contribution in [2.45, 2.75) is 63.2 Å². The zero-order chi connectivity index (χ0) is 12.7. The molecule has 0 bridgehead atoms. The van der Waals surface area contributed by atoms with Gasteiger partial charge in [0, 0.05) is 0 Å². The monoisotopic (exact) mass is 276 g/mol. The summed E-state index contributed by atoms with van der Waals surface area (Å²) in [6.07, 6.45) is 0. The van der Waals surface area contributed by atoms with E-state index in [9.17, 15) is 0 Å². The van der Waals surface area contributed by atoms with E-state index in [4.69, 9.17) is 12.2 Å². The Labute approximate surface area is 105 Å². The van der Waals surface area contributed by atoms with Crippen LogP contribution in [0.4, 0.5) is 0 Å². The molecule has 0 radical (unpaired) electrons. The van der Waals surface area contributed by atoms with E-state index < -0.39 is 24.2 Å². The van der Waals surface area contributed by atoms with Crippen molar-refractivity contribution >= 4 is 41.8 Å². The van der Waals surface area contributed by atoms with Crippen molar-refractivity contribution in [2.24, 2.45) is 0 Å². The lowest BCUT2D eigenvalue weighted by Gasteiger charge is -2.56. The lowest BCUT2D eigenvalue weighted by atomic mass is 10.9. The van der Waals surface area contributed by atoms with Crippen molar-refractivity contribution in [2.75, 3.05) is 0 Å². The highest BCUT2D eigenvalue weighted by Gasteiger charge is 2.58. The Hall–Kier alpha value is 0.741. The zero-order valence-electron chi connectivity index (χ0n) is 12.0. The van der Waals surface area contributed by atoms with Crippen LogP contribution in [-0.2, 0) is 0 Å². The molecule has 0 unspecified atom stereocenters. The summed E-state index contributed by atoms with van der Waals surface area (Å²) in [7, 11) is -3.73. The molecule has 0 saturated heterocycles. The van der Waals surface area contributed by atoms with Gasteiger partial charge in [-0.1, -0.05) is 71.1 Å². The van der Waals surface area contributed by atoms with Gasteiger partial charge in [0.05, 0.1) is 24.2 Å². The van der Waals surface area contributed by atoms with Gasteiger partial charge in [0.25, 0.3) is 0 Å². The molecule has 0 aromatic heterocycles. The van der Waals surface area contributed by atoms with Crippen LogP contribution in [0.15, 0.2) is 0 Å². The molecule has 0 fully saturated rings. The van der Waals surface area contributed by atoms with Crippen LogP contribution < -0.4 is 0 Å². The van der Waals surface area contributed by atoms with Crippen LogP contribution in [0.3, 0.4) is 0 Å². The molecular formula is C11H28SSi3. The van der Waals surface area contributed by atoms with E-state index in [1.165, 1.54) is 0 Å². The summed E-state index contributed by atoms with van der Waals surface area (Å²) in [5, 5.41) is 2.21. The molecule has 0 atom stereocenters. The molecule has 0 rings (SSSR count). The van der Waals surface area contributed by atoms with Gasteiger partial charge in [0.15, 0.2) is 0 Å². The third-order valence-corrected chi connectivity index (χ3v) is 25.7. The van der Waals surface area contributed by atoms with Crippen LogP contribution in [0.2, 0.25) is 63.2 Å². The maximum absolute atomic E-state index is 5.51.